The van der Waals surface area contributed by atoms with Crippen molar-refractivity contribution < 1.29 is 9.59 Å². The molecule has 1 saturated carbocycles. The lowest BCUT2D eigenvalue weighted by Crippen LogP contribution is -2.42. The second-order valence-corrected chi connectivity index (χ2v) is 7.38. The van der Waals surface area contributed by atoms with E-state index >= 15 is 0 Å². The number of carbonyl (C=O) groups is 2. The molecule has 26 heavy (non-hydrogen) atoms. The average molecular weight is 352 g/mol. The summed E-state index contributed by atoms with van der Waals surface area (Å²) in [5, 5.41) is 6.12. The minimum absolute atomic E-state index is 0.0198. The zero-order valence-corrected chi connectivity index (χ0v) is 15.0. The molecule has 6 nitrogen and oxygen atoms in total. The summed E-state index contributed by atoms with van der Waals surface area (Å²) in [6.07, 6.45) is 5.77. The summed E-state index contributed by atoms with van der Waals surface area (Å²) in [6, 6.07) is 8.37. The van der Waals surface area contributed by atoms with Crippen molar-refractivity contribution in [1.29, 1.82) is 0 Å². The third-order valence-electron chi connectivity index (χ3n) is 5.05. The molecule has 1 atom stereocenters. The molecule has 0 spiro atoms. The zero-order valence-electron chi connectivity index (χ0n) is 15.0. The highest BCUT2D eigenvalue weighted by Gasteiger charge is 2.28. The zero-order chi connectivity index (χ0) is 18.1. The molecule has 4 rings (SSSR count). The number of aryl methyl sites for hydroxylation is 2. The molecule has 0 bridgehead atoms. The lowest BCUT2D eigenvalue weighted by atomic mass is 10.1. The Hall–Kier alpha value is -2.63. The first-order chi connectivity index (χ1) is 12.6. The van der Waals surface area contributed by atoms with Crippen LogP contribution in [0.15, 0.2) is 30.5 Å². The van der Waals surface area contributed by atoms with Crippen LogP contribution in [0.25, 0.3) is 0 Å². The Bertz CT molecular complexity index is 821. The third-order valence-corrected chi connectivity index (χ3v) is 5.05. The molecule has 1 aliphatic carbocycles. The van der Waals surface area contributed by atoms with E-state index < -0.39 is 0 Å². The first-order valence-electron chi connectivity index (χ1n) is 9.28. The van der Waals surface area contributed by atoms with Crippen LogP contribution in [0.1, 0.15) is 46.7 Å². The van der Waals surface area contributed by atoms with Gasteiger partial charge in [0.2, 0.25) is 5.91 Å². The van der Waals surface area contributed by atoms with Crippen LogP contribution in [0.4, 0.5) is 0 Å². The number of benzene rings is 1. The van der Waals surface area contributed by atoms with Crippen molar-refractivity contribution in [2.75, 3.05) is 0 Å². The molecular formula is C20H24N4O2. The molecule has 0 saturated heterocycles. The van der Waals surface area contributed by atoms with E-state index in [9.17, 15) is 9.59 Å². The van der Waals surface area contributed by atoms with Crippen molar-refractivity contribution in [2.24, 2.45) is 0 Å². The Kier molecular flexibility index (Phi) is 4.49. The number of imidazole rings is 1. The molecule has 1 aromatic carbocycles. The molecular weight excluding hydrogens is 328 g/mol. The van der Waals surface area contributed by atoms with Gasteiger partial charge in [-0.1, -0.05) is 29.8 Å². The van der Waals surface area contributed by atoms with Gasteiger partial charge in [-0.3, -0.25) is 9.59 Å². The van der Waals surface area contributed by atoms with Gasteiger partial charge in [0.05, 0.1) is 12.6 Å². The topological polar surface area (TPSA) is 76.0 Å². The van der Waals surface area contributed by atoms with Crippen LogP contribution < -0.4 is 10.6 Å². The molecule has 2 heterocycles. The summed E-state index contributed by atoms with van der Waals surface area (Å²) in [4.78, 5) is 29.1. The molecule has 2 N–H and O–H groups in total. The Balaban J connectivity index is 1.38. The molecule has 0 unspecified atom stereocenters. The number of nitrogens with one attached hydrogen (secondary N) is 2. The van der Waals surface area contributed by atoms with Crippen molar-refractivity contribution in [3.8, 4) is 0 Å². The minimum Gasteiger partial charge on any atom is -0.351 e. The monoisotopic (exact) mass is 352 g/mol. The van der Waals surface area contributed by atoms with Crippen molar-refractivity contribution >= 4 is 11.8 Å². The lowest BCUT2D eigenvalue weighted by Gasteiger charge is -2.26. The van der Waals surface area contributed by atoms with Crippen LogP contribution in [0.5, 0.6) is 0 Å². The molecule has 1 aliphatic heterocycles. The van der Waals surface area contributed by atoms with Gasteiger partial charge in [0.25, 0.3) is 5.91 Å². The van der Waals surface area contributed by atoms with Gasteiger partial charge in [0.1, 0.15) is 11.5 Å². The summed E-state index contributed by atoms with van der Waals surface area (Å²) in [5.41, 5.74) is 2.80. The number of fused-ring (bicyclic) bond motifs is 1. The fourth-order valence-corrected chi connectivity index (χ4v) is 3.39. The van der Waals surface area contributed by atoms with Crippen LogP contribution in [0, 0.1) is 6.92 Å². The summed E-state index contributed by atoms with van der Waals surface area (Å²) in [7, 11) is 0. The maximum Gasteiger partial charge on any atom is 0.269 e. The third kappa shape index (κ3) is 3.79. The molecule has 2 aliphatic rings. The largest absolute Gasteiger partial charge is 0.351 e. The van der Waals surface area contributed by atoms with E-state index in [2.05, 4.69) is 15.6 Å². The quantitative estimate of drug-likeness (QED) is 0.861. The minimum atomic E-state index is -0.0575. The number of nitrogens with zero attached hydrogens (tertiary/aromatic N) is 2. The highest BCUT2D eigenvalue weighted by atomic mass is 16.2. The second-order valence-electron chi connectivity index (χ2n) is 7.38. The van der Waals surface area contributed by atoms with Crippen molar-refractivity contribution in [3.05, 3.63) is 53.1 Å². The normalized spacial score (nSPS) is 18.9. The summed E-state index contributed by atoms with van der Waals surface area (Å²) in [6.45, 7) is 2.63. The summed E-state index contributed by atoms with van der Waals surface area (Å²) in [5.74, 6) is 0.888. The van der Waals surface area contributed by atoms with Gasteiger partial charge >= 0.3 is 0 Å². The maximum atomic E-state index is 12.4. The van der Waals surface area contributed by atoms with Gasteiger partial charge in [-0.05, 0) is 31.7 Å². The van der Waals surface area contributed by atoms with E-state index in [1.165, 1.54) is 5.56 Å². The number of carbonyl (C=O) groups excluding carboxylic acids is 2. The van der Waals surface area contributed by atoms with Crippen molar-refractivity contribution in [3.63, 3.8) is 0 Å². The second kappa shape index (κ2) is 6.94. The highest BCUT2D eigenvalue weighted by Crippen LogP contribution is 2.21. The van der Waals surface area contributed by atoms with E-state index in [1.54, 1.807) is 6.20 Å². The van der Waals surface area contributed by atoms with E-state index in [4.69, 9.17) is 0 Å². The predicted octanol–water partition coefficient (Wildman–Crippen LogP) is 1.76. The Morgan fingerprint density at radius 1 is 1.12 bits per heavy atom. The van der Waals surface area contributed by atoms with E-state index in [0.29, 0.717) is 24.7 Å². The first-order valence-corrected chi connectivity index (χ1v) is 9.28. The van der Waals surface area contributed by atoms with Crippen molar-refractivity contribution in [2.45, 2.75) is 57.7 Å². The Labute approximate surface area is 153 Å². The maximum absolute atomic E-state index is 12.4. The predicted molar refractivity (Wildman–Crippen MR) is 97.8 cm³/mol. The Morgan fingerprint density at radius 2 is 1.88 bits per heavy atom. The smallest absolute Gasteiger partial charge is 0.269 e. The summed E-state index contributed by atoms with van der Waals surface area (Å²) >= 11 is 0. The van der Waals surface area contributed by atoms with E-state index in [0.717, 1.165) is 37.1 Å². The standard InChI is InChI=1S/C20H24N4O2/c1-13-2-4-14(5-3-13)10-19(25)22-16-8-9-18-21-11-17(24(18)12-16)20(26)23-15-6-7-15/h2-5,11,15-16H,6-10,12H2,1H3,(H,22,25)(H,23,26)/t16-/m1/s1. The molecule has 1 fully saturated rings. The van der Waals surface area contributed by atoms with Gasteiger partial charge in [-0.15, -0.1) is 0 Å². The van der Waals surface area contributed by atoms with Crippen LogP contribution in [-0.4, -0.2) is 33.4 Å². The van der Waals surface area contributed by atoms with Gasteiger partial charge in [0.15, 0.2) is 0 Å². The number of rotatable bonds is 5. The molecule has 2 amide bonds. The number of hydrogen-bond acceptors (Lipinski definition) is 3. The van der Waals surface area contributed by atoms with Crippen LogP contribution in [-0.2, 0) is 24.2 Å². The number of amides is 2. The van der Waals surface area contributed by atoms with E-state index in [-0.39, 0.29) is 17.9 Å². The molecule has 2 aromatic rings. The van der Waals surface area contributed by atoms with Crippen LogP contribution >= 0.6 is 0 Å². The fourth-order valence-electron chi connectivity index (χ4n) is 3.39. The average Bonchev–Trinajstić information content (AvgIpc) is 3.32. The molecule has 0 radical (unpaired) electrons. The van der Waals surface area contributed by atoms with Gasteiger partial charge in [0, 0.05) is 25.0 Å². The molecule has 136 valence electrons. The van der Waals surface area contributed by atoms with Crippen LogP contribution in [0.3, 0.4) is 0 Å². The fraction of sp³-hybridized carbons (Fsp3) is 0.450. The SMILES string of the molecule is Cc1ccc(CC(=O)N[C@@H]2CCc3ncc(C(=O)NC4CC4)n3C2)cc1. The first kappa shape index (κ1) is 16.8. The summed E-state index contributed by atoms with van der Waals surface area (Å²) < 4.78 is 1.96. The van der Waals surface area contributed by atoms with Crippen molar-refractivity contribution in [1.82, 2.24) is 20.2 Å². The van der Waals surface area contributed by atoms with Crippen LogP contribution in [0.2, 0.25) is 0 Å². The lowest BCUT2D eigenvalue weighted by molar-refractivity contribution is -0.121. The molecule has 6 heteroatoms. The van der Waals surface area contributed by atoms with E-state index in [1.807, 2.05) is 35.8 Å². The Morgan fingerprint density at radius 3 is 2.62 bits per heavy atom. The molecule has 1 aromatic heterocycles. The van der Waals surface area contributed by atoms with Gasteiger partial charge in [-0.25, -0.2) is 4.98 Å². The number of hydrogen-bond donors (Lipinski definition) is 2. The van der Waals surface area contributed by atoms with Gasteiger partial charge in [-0.2, -0.15) is 0 Å². The number of aromatic nitrogens is 2. The van der Waals surface area contributed by atoms with Gasteiger partial charge < -0.3 is 15.2 Å². The highest BCUT2D eigenvalue weighted by molar-refractivity contribution is 5.93.